The number of hydrogen-bond donors (Lipinski definition) is 2. The van der Waals surface area contributed by atoms with E-state index >= 15 is 0 Å². The minimum Gasteiger partial charge on any atom is -0.469 e. The summed E-state index contributed by atoms with van der Waals surface area (Å²) in [4.78, 5) is 18.5. The lowest BCUT2D eigenvalue weighted by Gasteiger charge is -2.22. The van der Waals surface area contributed by atoms with Crippen molar-refractivity contribution in [2.24, 2.45) is 16.8 Å². The zero-order valence-corrected chi connectivity index (χ0v) is 14.8. The molecule has 128 valence electrons. The van der Waals surface area contributed by atoms with Crippen LogP contribution < -0.4 is 10.6 Å². The number of nitrogens with one attached hydrogen (secondary N) is 2. The number of carbonyl (C=O) groups excluding carboxylic acids is 1. The molecular weight excluding hydrogens is 280 g/mol. The molecule has 22 heavy (non-hydrogen) atoms. The fraction of sp³-hybridized carbons (Fsp3) is 0.875. The quantitative estimate of drug-likeness (QED) is 0.436. The maximum absolute atomic E-state index is 11.5. The van der Waals surface area contributed by atoms with E-state index < -0.39 is 0 Å². The average Bonchev–Trinajstić information content (AvgIpc) is 2.85. The van der Waals surface area contributed by atoms with Crippen molar-refractivity contribution < 1.29 is 9.53 Å². The molecule has 6 heteroatoms. The van der Waals surface area contributed by atoms with Crippen LogP contribution in [0, 0.1) is 11.8 Å². The molecule has 0 bridgehead atoms. The molecule has 0 amide bonds. The highest BCUT2D eigenvalue weighted by atomic mass is 16.5. The van der Waals surface area contributed by atoms with E-state index in [0.29, 0.717) is 24.5 Å². The first-order valence-corrected chi connectivity index (χ1v) is 8.25. The molecule has 1 fully saturated rings. The molecule has 2 N–H and O–H groups in total. The summed E-state index contributed by atoms with van der Waals surface area (Å²) < 4.78 is 4.74. The van der Waals surface area contributed by atoms with Crippen molar-refractivity contribution in [3.05, 3.63) is 0 Å². The Morgan fingerprint density at radius 2 is 2.05 bits per heavy atom. The van der Waals surface area contributed by atoms with Gasteiger partial charge in [0.15, 0.2) is 5.96 Å². The summed E-state index contributed by atoms with van der Waals surface area (Å²) in [6.07, 6.45) is 0. The number of likely N-dealkylation sites (tertiary alicyclic amines) is 1. The molecule has 0 spiro atoms. The number of methoxy groups -OCH3 is 1. The summed E-state index contributed by atoms with van der Waals surface area (Å²) in [5, 5.41) is 6.76. The highest BCUT2D eigenvalue weighted by Crippen LogP contribution is 2.18. The van der Waals surface area contributed by atoms with Crippen molar-refractivity contribution in [1.29, 1.82) is 0 Å². The van der Waals surface area contributed by atoms with Crippen LogP contribution in [0.2, 0.25) is 0 Å². The monoisotopic (exact) mass is 312 g/mol. The zero-order valence-electron chi connectivity index (χ0n) is 14.8. The van der Waals surface area contributed by atoms with Gasteiger partial charge in [0.25, 0.3) is 0 Å². The highest BCUT2D eigenvalue weighted by Gasteiger charge is 2.31. The number of esters is 1. The Kier molecular flexibility index (Phi) is 7.65. The summed E-state index contributed by atoms with van der Waals surface area (Å²) >= 11 is 0. The lowest BCUT2D eigenvalue weighted by molar-refractivity contribution is -0.144. The van der Waals surface area contributed by atoms with Gasteiger partial charge in [0, 0.05) is 31.7 Å². The first kappa shape index (κ1) is 18.7. The minimum atomic E-state index is -0.228. The molecule has 6 nitrogen and oxygen atoms in total. The normalized spacial score (nSPS) is 24.4. The minimum absolute atomic E-state index is 0.222. The van der Waals surface area contributed by atoms with E-state index in [1.165, 1.54) is 7.11 Å². The van der Waals surface area contributed by atoms with Gasteiger partial charge < -0.3 is 15.4 Å². The first-order chi connectivity index (χ1) is 10.4. The Labute approximate surface area is 134 Å². The Hall–Kier alpha value is -1.30. The van der Waals surface area contributed by atoms with E-state index in [0.717, 1.165) is 25.6 Å². The number of hydrogen-bond acceptors (Lipinski definition) is 4. The van der Waals surface area contributed by atoms with E-state index in [9.17, 15) is 4.79 Å². The van der Waals surface area contributed by atoms with Crippen LogP contribution in [0.5, 0.6) is 0 Å². The number of guanidine groups is 1. The molecule has 0 aliphatic carbocycles. The lowest BCUT2D eigenvalue weighted by atomic mass is 10.1. The van der Waals surface area contributed by atoms with Gasteiger partial charge in [-0.3, -0.25) is 14.7 Å². The van der Waals surface area contributed by atoms with Gasteiger partial charge in [-0.05, 0) is 26.7 Å². The van der Waals surface area contributed by atoms with Crippen LogP contribution in [0.1, 0.15) is 34.6 Å². The van der Waals surface area contributed by atoms with Crippen LogP contribution in [0.3, 0.4) is 0 Å². The first-order valence-electron chi connectivity index (χ1n) is 8.25. The smallest absolute Gasteiger partial charge is 0.310 e. The standard InChI is InChI=1S/C16H32N4O2/c1-7-17-16(18-8-12(4)15(21)22-6)19-14-10-20(11(2)3)9-13(14)5/h11-14H,7-10H2,1-6H3,(H2,17,18,19). The zero-order chi connectivity index (χ0) is 16.7. The number of carbonyl (C=O) groups is 1. The molecule has 3 unspecified atom stereocenters. The van der Waals surface area contributed by atoms with Gasteiger partial charge in [-0.25, -0.2) is 0 Å². The molecule has 0 aromatic rings. The molecular formula is C16H32N4O2. The molecule has 1 aliphatic heterocycles. The van der Waals surface area contributed by atoms with Crippen LogP contribution >= 0.6 is 0 Å². The second-order valence-corrected chi connectivity index (χ2v) is 6.42. The van der Waals surface area contributed by atoms with Gasteiger partial charge in [-0.1, -0.05) is 13.8 Å². The second kappa shape index (κ2) is 8.98. The van der Waals surface area contributed by atoms with Crippen LogP contribution in [-0.4, -0.2) is 62.2 Å². The van der Waals surface area contributed by atoms with Crippen LogP contribution in [0.15, 0.2) is 4.99 Å². The molecule has 1 aliphatic rings. The molecule has 1 saturated heterocycles. The summed E-state index contributed by atoms with van der Waals surface area (Å²) in [6, 6.07) is 0.946. The SMILES string of the molecule is CCNC(=NCC(C)C(=O)OC)NC1CN(C(C)C)CC1C. The summed E-state index contributed by atoms with van der Waals surface area (Å²) in [5.41, 5.74) is 0. The van der Waals surface area contributed by atoms with Gasteiger partial charge in [0.2, 0.25) is 0 Å². The molecule has 0 aromatic carbocycles. The Balaban J connectivity index is 2.62. The number of nitrogens with zero attached hydrogens (tertiary/aromatic N) is 2. The predicted octanol–water partition coefficient (Wildman–Crippen LogP) is 1.08. The van der Waals surface area contributed by atoms with Crippen molar-refractivity contribution in [2.45, 2.75) is 46.7 Å². The fourth-order valence-electron chi connectivity index (χ4n) is 2.61. The Morgan fingerprint density at radius 1 is 1.36 bits per heavy atom. The molecule has 0 saturated carbocycles. The lowest BCUT2D eigenvalue weighted by Crippen LogP contribution is -2.47. The van der Waals surface area contributed by atoms with Crippen LogP contribution in [0.25, 0.3) is 0 Å². The second-order valence-electron chi connectivity index (χ2n) is 6.42. The van der Waals surface area contributed by atoms with Crippen LogP contribution in [0.4, 0.5) is 0 Å². The number of aliphatic imine (C=N–C) groups is 1. The maximum Gasteiger partial charge on any atom is 0.310 e. The van der Waals surface area contributed by atoms with Gasteiger partial charge in [-0.15, -0.1) is 0 Å². The molecule has 1 rings (SSSR count). The fourth-order valence-corrected chi connectivity index (χ4v) is 2.61. The third-order valence-electron chi connectivity index (χ3n) is 4.16. The van der Waals surface area contributed by atoms with E-state index in [1.54, 1.807) is 0 Å². The van der Waals surface area contributed by atoms with Crippen LogP contribution in [-0.2, 0) is 9.53 Å². The van der Waals surface area contributed by atoms with Gasteiger partial charge in [0.1, 0.15) is 0 Å². The van der Waals surface area contributed by atoms with E-state index in [1.807, 2.05) is 13.8 Å². The number of rotatable bonds is 6. The molecule has 0 aromatic heterocycles. The van der Waals surface area contributed by atoms with Crippen molar-refractivity contribution in [3.8, 4) is 0 Å². The van der Waals surface area contributed by atoms with Crippen molar-refractivity contribution in [1.82, 2.24) is 15.5 Å². The molecule has 0 radical (unpaired) electrons. The van der Waals surface area contributed by atoms with Gasteiger partial charge in [0.05, 0.1) is 19.6 Å². The predicted molar refractivity (Wildman–Crippen MR) is 90.0 cm³/mol. The number of ether oxygens (including phenoxy) is 1. The average molecular weight is 312 g/mol. The maximum atomic E-state index is 11.5. The van der Waals surface area contributed by atoms with Gasteiger partial charge >= 0.3 is 5.97 Å². The third kappa shape index (κ3) is 5.48. The summed E-state index contributed by atoms with van der Waals surface area (Å²) in [7, 11) is 1.41. The van der Waals surface area contributed by atoms with E-state index in [4.69, 9.17) is 4.74 Å². The molecule has 3 atom stereocenters. The summed E-state index contributed by atoms with van der Waals surface area (Å²) in [5.74, 6) is 0.901. The van der Waals surface area contributed by atoms with Crippen molar-refractivity contribution in [2.75, 3.05) is 33.3 Å². The van der Waals surface area contributed by atoms with E-state index in [-0.39, 0.29) is 11.9 Å². The topological polar surface area (TPSA) is 66.0 Å². The third-order valence-corrected chi connectivity index (χ3v) is 4.16. The highest BCUT2D eigenvalue weighted by molar-refractivity contribution is 5.80. The van der Waals surface area contributed by atoms with Crippen molar-refractivity contribution >= 4 is 11.9 Å². The van der Waals surface area contributed by atoms with E-state index in [2.05, 4.69) is 41.3 Å². The largest absolute Gasteiger partial charge is 0.469 e. The summed E-state index contributed by atoms with van der Waals surface area (Å²) in [6.45, 7) is 13.9. The van der Waals surface area contributed by atoms with Crippen molar-refractivity contribution in [3.63, 3.8) is 0 Å². The Bertz CT molecular complexity index is 384. The molecule has 1 heterocycles. The van der Waals surface area contributed by atoms with Gasteiger partial charge in [-0.2, -0.15) is 0 Å². The Morgan fingerprint density at radius 3 is 2.55 bits per heavy atom.